The first-order valence-corrected chi connectivity index (χ1v) is 9.86. The van der Waals surface area contributed by atoms with Crippen LogP contribution in [0.2, 0.25) is 0 Å². The summed E-state index contributed by atoms with van der Waals surface area (Å²) < 4.78 is 26.1. The van der Waals surface area contributed by atoms with Crippen LogP contribution < -0.4 is 4.74 Å². The molecule has 2 aliphatic rings. The molecule has 154 valence electrons. The molecule has 0 unspecified atom stereocenters. The van der Waals surface area contributed by atoms with Gasteiger partial charge in [0, 0.05) is 38.3 Å². The van der Waals surface area contributed by atoms with Crippen molar-refractivity contribution < 1.29 is 23.6 Å². The van der Waals surface area contributed by atoms with E-state index in [2.05, 4.69) is 15.9 Å². The number of carbonyl (C=O) groups is 1. The maximum absolute atomic E-state index is 14.9. The molecule has 0 aliphatic carbocycles. The molecule has 1 saturated heterocycles. The zero-order valence-corrected chi connectivity index (χ0v) is 17.6. The van der Waals surface area contributed by atoms with Gasteiger partial charge in [-0.25, -0.2) is 4.79 Å². The Kier molecular flexibility index (Phi) is 5.81. The van der Waals surface area contributed by atoms with Crippen molar-refractivity contribution in [3.05, 3.63) is 32.0 Å². The van der Waals surface area contributed by atoms with Crippen LogP contribution in [0.4, 0.5) is 14.9 Å². The second-order valence-electron chi connectivity index (χ2n) is 7.94. The highest BCUT2D eigenvalue weighted by molar-refractivity contribution is 9.10. The first-order valence-electron chi connectivity index (χ1n) is 9.07. The summed E-state index contributed by atoms with van der Waals surface area (Å²) in [5.41, 5.74) is -0.996. The molecular formula is C18H23BrFN3O5. The average Bonchev–Trinajstić information content (AvgIpc) is 2.54. The van der Waals surface area contributed by atoms with Crippen molar-refractivity contribution in [2.24, 2.45) is 0 Å². The zero-order valence-electron chi connectivity index (χ0n) is 16.0. The van der Waals surface area contributed by atoms with Crippen molar-refractivity contribution in [1.82, 2.24) is 9.80 Å². The summed E-state index contributed by atoms with van der Waals surface area (Å²) in [7, 11) is 0. The van der Waals surface area contributed by atoms with Crippen LogP contribution in [0.25, 0.3) is 0 Å². The van der Waals surface area contributed by atoms with Gasteiger partial charge in [0.2, 0.25) is 5.82 Å². The Morgan fingerprint density at radius 1 is 1.43 bits per heavy atom. The fraction of sp³-hybridized carbons (Fsp3) is 0.611. The lowest BCUT2D eigenvalue weighted by Crippen LogP contribution is -2.55. The largest absolute Gasteiger partial charge is 0.493 e. The number of hydrogen-bond acceptors (Lipinski definition) is 6. The molecule has 0 saturated carbocycles. The van der Waals surface area contributed by atoms with Crippen LogP contribution in [0, 0.1) is 15.9 Å². The highest BCUT2D eigenvalue weighted by Gasteiger charge is 2.35. The lowest BCUT2D eigenvalue weighted by atomic mass is 10.0. The van der Waals surface area contributed by atoms with Crippen molar-refractivity contribution >= 4 is 27.7 Å². The number of halogens is 2. The second-order valence-corrected chi connectivity index (χ2v) is 8.80. The molecule has 1 fully saturated rings. The first-order chi connectivity index (χ1) is 13.1. The molecule has 0 N–H and O–H groups in total. The summed E-state index contributed by atoms with van der Waals surface area (Å²) in [4.78, 5) is 26.5. The highest BCUT2D eigenvalue weighted by atomic mass is 79.9. The maximum atomic E-state index is 14.9. The van der Waals surface area contributed by atoms with Gasteiger partial charge in [-0.15, -0.1) is 0 Å². The van der Waals surface area contributed by atoms with Crippen LogP contribution in [0.15, 0.2) is 10.5 Å². The second kappa shape index (κ2) is 7.82. The molecule has 0 aromatic heterocycles. The van der Waals surface area contributed by atoms with Crippen LogP contribution in [-0.4, -0.2) is 58.7 Å². The molecule has 8 nitrogen and oxygen atoms in total. The number of fused-ring (bicyclic) bond motifs is 2. The minimum atomic E-state index is -0.885. The summed E-state index contributed by atoms with van der Waals surface area (Å²) in [5.74, 6) is -0.576. The third-order valence-electron chi connectivity index (χ3n) is 4.76. The molecule has 28 heavy (non-hydrogen) atoms. The lowest BCUT2D eigenvalue weighted by Gasteiger charge is -2.42. The lowest BCUT2D eigenvalue weighted by molar-refractivity contribution is -0.388. The molecular weight excluding hydrogens is 437 g/mol. The predicted molar refractivity (Wildman–Crippen MR) is 103 cm³/mol. The van der Waals surface area contributed by atoms with Crippen molar-refractivity contribution in [2.45, 2.75) is 45.4 Å². The number of nitro benzene ring substituents is 1. The standard InChI is InChI=1S/C18H23BrFN3O5/c1-18(2,3)28-17(24)22-6-5-21-10-12-14(27-7-4-11(21)9-22)8-13(19)16(15(12)20)23(25)26/h8,11H,4-7,9-10H2,1-3H3/t11-/m0/s1. The summed E-state index contributed by atoms with van der Waals surface area (Å²) >= 11 is 3.06. The third kappa shape index (κ3) is 4.38. The molecule has 2 heterocycles. The van der Waals surface area contributed by atoms with E-state index in [1.807, 2.05) is 25.7 Å². The number of hydrogen-bond donors (Lipinski definition) is 0. The SMILES string of the molecule is CC(C)(C)OC(=O)N1CCN2Cc3c(cc(Br)c([N+](=O)[O-])c3F)OCC[C@H]2C1. The van der Waals surface area contributed by atoms with Crippen molar-refractivity contribution in [3.8, 4) is 5.75 Å². The van der Waals surface area contributed by atoms with Gasteiger partial charge in [0.15, 0.2) is 0 Å². The fourth-order valence-electron chi connectivity index (χ4n) is 3.45. The minimum Gasteiger partial charge on any atom is -0.493 e. The van der Waals surface area contributed by atoms with E-state index in [1.165, 1.54) is 6.07 Å². The normalized spacial score (nSPS) is 20.3. The van der Waals surface area contributed by atoms with Gasteiger partial charge in [-0.05, 0) is 43.1 Å². The van der Waals surface area contributed by atoms with Crippen LogP contribution in [0.1, 0.15) is 32.8 Å². The Bertz CT molecular complexity index is 798. The molecule has 0 radical (unpaired) electrons. The van der Waals surface area contributed by atoms with Gasteiger partial charge in [-0.2, -0.15) is 4.39 Å². The Morgan fingerprint density at radius 3 is 2.79 bits per heavy atom. The van der Waals surface area contributed by atoms with E-state index in [0.29, 0.717) is 38.4 Å². The van der Waals surface area contributed by atoms with Crippen molar-refractivity contribution in [3.63, 3.8) is 0 Å². The molecule has 1 amide bonds. The molecule has 1 atom stereocenters. The third-order valence-corrected chi connectivity index (χ3v) is 5.37. The summed E-state index contributed by atoms with van der Waals surface area (Å²) in [6.45, 7) is 7.35. The Balaban J connectivity index is 1.81. The summed E-state index contributed by atoms with van der Waals surface area (Å²) in [5, 5.41) is 11.2. The van der Waals surface area contributed by atoms with Crippen LogP contribution in [0.3, 0.4) is 0 Å². The van der Waals surface area contributed by atoms with E-state index in [4.69, 9.17) is 9.47 Å². The Morgan fingerprint density at radius 2 is 2.14 bits per heavy atom. The van der Waals surface area contributed by atoms with Crippen LogP contribution >= 0.6 is 15.9 Å². The number of carbonyl (C=O) groups excluding carboxylic acids is 1. The van der Waals surface area contributed by atoms with Crippen molar-refractivity contribution in [1.29, 1.82) is 0 Å². The van der Waals surface area contributed by atoms with Gasteiger partial charge in [0.25, 0.3) is 0 Å². The number of amides is 1. The number of nitro groups is 1. The van der Waals surface area contributed by atoms with E-state index >= 15 is 0 Å². The fourth-order valence-corrected chi connectivity index (χ4v) is 3.97. The molecule has 1 aromatic carbocycles. The molecule has 0 spiro atoms. The smallest absolute Gasteiger partial charge is 0.410 e. The number of rotatable bonds is 1. The van der Waals surface area contributed by atoms with Gasteiger partial charge in [0.1, 0.15) is 15.8 Å². The van der Waals surface area contributed by atoms with Crippen LogP contribution in [0.5, 0.6) is 5.75 Å². The van der Waals surface area contributed by atoms with E-state index in [9.17, 15) is 19.3 Å². The molecule has 2 aliphatic heterocycles. The number of benzene rings is 1. The number of piperazine rings is 1. The van der Waals surface area contributed by atoms with Gasteiger partial charge in [0.05, 0.1) is 17.1 Å². The number of ether oxygens (including phenoxy) is 2. The van der Waals surface area contributed by atoms with E-state index in [0.717, 1.165) is 0 Å². The zero-order chi connectivity index (χ0) is 20.6. The van der Waals surface area contributed by atoms with Gasteiger partial charge >= 0.3 is 11.8 Å². The predicted octanol–water partition coefficient (Wildman–Crippen LogP) is 3.70. The molecule has 3 rings (SSSR count). The molecule has 0 bridgehead atoms. The molecule has 10 heteroatoms. The van der Waals surface area contributed by atoms with Crippen LogP contribution in [-0.2, 0) is 11.3 Å². The molecule has 1 aromatic rings. The van der Waals surface area contributed by atoms with Gasteiger partial charge in [-0.1, -0.05) is 0 Å². The monoisotopic (exact) mass is 459 g/mol. The highest BCUT2D eigenvalue weighted by Crippen LogP contribution is 2.38. The van der Waals surface area contributed by atoms with E-state index < -0.39 is 22.0 Å². The van der Waals surface area contributed by atoms with E-state index in [-0.39, 0.29) is 28.7 Å². The first kappa shape index (κ1) is 20.8. The summed E-state index contributed by atoms with van der Waals surface area (Å²) in [6, 6.07) is 1.41. The Hall–Kier alpha value is -1.94. The Labute approximate surface area is 170 Å². The van der Waals surface area contributed by atoms with Crippen molar-refractivity contribution in [2.75, 3.05) is 26.2 Å². The number of nitrogens with zero attached hydrogens (tertiary/aromatic N) is 3. The minimum absolute atomic E-state index is 0.0449. The summed E-state index contributed by atoms with van der Waals surface area (Å²) in [6.07, 6.45) is 0.274. The maximum Gasteiger partial charge on any atom is 0.410 e. The quantitative estimate of drug-likeness (QED) is 0.470. The topological polar surface area (TPSA) is 85.2 Å². The van der Waals surface area contributed by atoms with Gasteiger partial charge in [-0.3, -0.25) is 15.0 Å². The van der Waals surface area contributed by atoms with E-state index in [1.54, 1.807) is 4.90 Å². The average molecular weight is 460 g/mol. The van der Waals surface area contributed by atoms with Gasteiger partial charge < -0.3 is 14.4 Å².